The SMILES string of the molecule is NC1CCC2C3C=CC(C3)C2C1. The first-order valence-corrected chi connectivity index (χ1v) is 5.28. The molecule has 0 spiro atoms. The van der Waals surface area contributed by atoms with E-state index in [4.69, 9.17) is 5.73 Å². The second-order valence-corrected chi connectivity index (χ2v) is 4.85. The third kappa shape index (κ3) is 0.832. The second kappa shape index (κ2) is 2.35. The molecule has 0 aromatic heterocycles. The number of hydrogen-bond donors (Lipinski definition) is 1. The molecule has 3 aliphatic carbocycles. The molecular weight excluding hydrogens is 146 g/mol. The Kier molecular flexibility index (Phi) is 1.40. The summed E-state index contributed by atoms with van der Waals surface area (Å²) in [4.78, 5) is 0. The third-order valence-electron chi connectivity index (χ3n) is 4.25. The summed E-state index contributed by atoms with van der Waals surface area (Å²) in [5.41, 5.74) is 6.00. The Morgan fingerprint density at radius 3 is 2.50 bits per heavy atom. The quantitative estimate of drug-likeness (QED) is 0.543. The molecule has 0 aliphatic heterocycles. The van der Waals surface area contributed by atoms with E-state index in [-0.39, 0.29) is 0 Å². The predicted molar refractivity (Wildman–Crippen MR) is 49.5 cm³/mol. The zero-order valence-electron chi connectivity index (χ0n) is 7.45. The maximum Gasteiger partial charge on any atom is 0.00418 e. The molecule has 5 atom stereocenters. The normalized spacial score (nSPS) is 55.9. The van der Waals surface area contributed by atoms with Crippen molar-refractivity contribution in [1.82, 2.24) is 0 Å². The van der Waals surface area contributed by atoms with Crippen LogP contribution in [0.5, 0.6) is 0 Å². The summed E-state index contributed by atoms with van der Waals surface area (Å²) in [6.07, 6.45) is 10.3. The van der Waals surface area contributed by atoms with Crippen molar-refractivity contribution in [2.75, 3.05) is 0 Å². The van der Waals surface area contributed by atoms with Gasteiger partial charge in [-0.15, -0.1) is 0 Å². The van der Waals surface area contributed by atoms with E-state index in [1.54, 1.807) is 0 Å². The maximum absolute atomic E-state index is 6.00. The van der Waals surface area contributed by atoms with Crippen LogP contribution in [0.2, 0.25) is 0 Å². The van der Waals surface area contributed by atoms with Gasteiger partial charge in [-0.2, -0.15) is 0 Å². The lowest BCUT2D eigenvalue weighted by Crippen LogP contribution is -2.35. The van der Waals surface area contributed by atoms with Crippen molar-refractivity contribution in [3.05, 3.63) is 12.2 Å². The Bertz CT molecular complexity index is 221. The number of nitrogens with two attached hydrogens (primary N) is 1. The number of hydrogen-bond acceptors (Lipinski definition) is 1. The van der Waals surface area contributed by atoms with Gasteiger partial charge in [0.15, 0.2) is 0 Å². The second-order valence-electron chi connectivity index (χ2n) is 4.85. The first kappa shape index (κ1) is 7.14. The van der Waals surface area contributed by atoms with Crippen molar-refractivity contribution in [2.24, 2.45) is 29.4 Å². The van der Waals surface area contributed by atoms with Crippen LogP contribution in [0.3, 0.4) is 0 Å². The zero-order valence-corrected chi connectivity index (χ0v) is 7.45. The van der Waals surface area contributed by atoms with Crippen molar-refractivity contribution in [1.29, 1.82) is 0 Å². The summed E-state index contributed by atoms with van der Waals surface area (Å²) < 4.78 is 0. The number of allylic oxidation sites excluding steroid dienone is 2. The molecule has 0 amide bonds. The number of fused-ring (bicyclic) bond motifs is 5. The topological polar surface area (TPSA) is 26.0 Å². The van der Waals surface area contributed by atoms with E-state index in [9.17, 15) is 0 Å². The molecule has 3 aliphatic rings. The summed E-state index contributed by atoms with van der Waals surface area (Å²) in [7, 11) is 0. The molecule has 66 valence electrons. The molecule has 1 nitrogen and oxygen atoms in total. The van der Waals surface area contributed by atoms with Crippen molar-refractivity contribution in [3.8, 4) is 0 Å². The van der Waals surface area contributed by atoms with Crippen LogP contribution in [0, 0.1) is 23.7 Å². The molecular formula is C11H17N. The van der Waals surface area contributed by atoms with E-state index in [2.05, 4.69) is 12.2 Å². The molecule has 0 saturated heterocycles. The molecule has 2 fully saturated rings. The Hall–Kier alpha value is -0.300. The fraction of sp³-hybridized carbons (Fsp3) is 0.818. The summed E-state index contributed by atoms with van der Waals surface area (Å²) >= 11 is 0. The summed E-state index contributed by atoms with van der Waals surface area (Å²) in [6.45, 7) is 0. The van der Waals surface area contributed by atoms with Gasteiger partial charge in [0.1, 0.15) is 0 Å². The van der Waals surface area contributed by atoms with E-state index < -0.39 is 0 Å². The minimum Gasteiger partial charge on any atom is -0.328 e. The molecule has 3 rings (SSSR count). The molecule has 2 saturated carbocycles. The van der Waals surface area contributed by atoms with Gasteiger partial charge in [0.2, 0.25) is 0 Å². The Labute approximate surface area is 74.0 Å². The van der Waals surface area contributed by atoms with Crippen LogP contribution < -0.4 is 5.73 Å². The Morgan fingerprint density at radius 2 is 1.67 bits per heavy atom. The van der Waals surface area contributed by atoms with Crippen LogP contribution in [0.15, 0.2) is 12.2 Å². The van der Waals surface area contributed by atoms with Gasteiger partial charge in [0.25, 0.3) is 0 Å². The molecule has 0 aromatic rings. The van der Waals surface area contributed by atoms with Crippen molar-refractivity contribution in [3.63, 3.8) is 0 Å². The highest BCUT2D eigenvalue weighted by atomic mass is 14.7. The minimum atomic E-state index is 0.513. The van der Waals surface area contributed by atoms with Crippen LogP contribution in [-0.2, 0) is 0 Å². The summed E-state index contributed by atoms with van der Waals surface area (Å²) in [5, 5.41) is 0. The Morgan fingerprint density at radius 1 is 0.917 bits per heavy atom. The highest BCUT2D eigenvalue weighted by Gasteiger charge is 2.46. The molecule has 0 heterocycles. The average molecular weight is 163 g/mol. The highest BCUT2D eigenvalue weighted by Crippen LogP contribution is 2.53. The lowest BCUT2D eigenvalue weighted by molar-refractivity contribution is 0.202. The predicted octanol–water partition coefficient (Wildman–Crippen LogP) is 1.94. The van der Waals surface area contributed by atoms with E-state index in [0.717, 1.165) is 23.7 Å². The van der Waals surface area contributed by atoms with Crippen molar-refractivity contribution in [2.45, 2.75) is 31.7 Å². The monoisotopic (exact) mass is 163 g/mol. The molecule has 0 radical (unpaired) electrons. The van der Waals surface area contributed by atoms with Crippen LogP contribution in [0.25, 0.3) is 0 Å². The molecule has 5 unspecified atom stereocenters. The average Bonchev–Trinajstić information content (AvgIpc) is 2.63. The Balaban J connectivity index is 1.85. The van der Waals surface area contributed by atoms with E-state index in [0.29, 0.717) is 6.04 Å². The van der Waals surface area contributed by atoms with Gasteiger partial charge in [0.05, 0.1) is 0 Å². The van der Waals surface area contributed by atoms with E-state index in [1.165, 1.54) is 25.7 Å². The van der Waals surface area contributed by atoms with Crippen LogP contribution in [0.4, 0.5) is 0 Å². The van der Waals surface area contributed by atoms with Gasteiger partial charge in [-0.25, -0.2) is 0 Å². The van der Waals surface area contributed by atoms with Gasteiger partial charge in [-0.05, 0) is 49.4 Å². The zero-order chi connectivity index (χ0) is 8.13. The van der Waals surface area contributed by atoms with Crippen molar-refractivity contribution >= 4 is 0 Å². The standard InChI is InChI=1S/C11H17N/c12-9-3-4-10-7-1-2-8(5-7)11(10)6-9/h1-2,7-11H,3-6,12H2. The van der Waals surface area contributed by atoms with Gasteiger partial charge in [-0.1, -0.05) is 12.2 Å². The lowest BCUT2D eigenvalue weighted by atomic mass is 9.72. The number of rotatable bonds is 0. The smallest absolute Gasteiger partial charge is 0.00418 e. The van der Waals surface area contributed by atoms with E-state index in [1.807, 2.05) is 0 Å². The van der Waals surface area contributed by atoms with E-state index >= 15 is 0 Å². The van der Waals surface area contributed by atoms with Crippen molar-refractivity contribution < 1.29 is 0 Å². The fourth-order valence-electron chi connectivity index (χ4n) is 3.68. The first-order chi connectivity index (χ1) is 5.84. The lowest BCUT2D eigenvalue weighted by Gasteiger charge is -2.35. The van der Waals surface area contributed by atoms with Crippen LogP contribution in [-0.4, -0.2) is 6.04 Å². The van der Waals surface area contributed by atoms with Crippen LogP contribution in [0.1, 0.15) is 25.7 Å². The molecule has 2 N–H and O–H groups in total. The minimum absolute atomic E-state index is 0.513. The molecule has 2 bridgehead atoms. The largest absolute Gasteiger partial charge is 0.328 e. The molecule has 0 aromatic carbocycles. The van der Waals surface area contributed by atoms with Gasteiger partial charge < -0.3 is 5.73 Å². The summed E-state index contributed by atoms with van der Waals surface area (Å²) in [6, 6.07) is 0.513. The molecule has 1 heteroatoms. The van der Waals surface area contributed by atoms with Gasteiger partial charge >= 0.3 is 0 Å². The van der Waals surface area contributed by atoms with Gasteiger partial charge in [0, 0.05) is 6.04 Å². The fourth-order valence-corrected chi connectivity index (χ4v) is 3.68. The highest BCUT2D eigenvalue weighted by molar-refractivity contribution is 5.14. The maximum atomic E-state index is 6.00. The van der Waals surface area contributed by atoms with Gasteiger partial charge in [-0.3, -0.25) is 0 Å². The third-order valence-corrected chi connectivity index (χ3v) is 4.25. The molecule has 12 heavy (non-hydrogen) atoms. The summed E-state index contributed by atoms with van der Waals surface area (Å²) in [5.74, 6) is 3.82. The van der Waals surface area contributed by atoms with Crippen LogP contribution >= 0.6 is 0 Å². The first-order valence-electron chi connectivity index (χ1n) is 5.28.